The summed E-state index contributed by atoms with van der Waals surface area (Å²) in [5.41, 5.74) is 8.99. The third-order valence-electron chi connectivity index (χ3n) is 3.44. The average molecular weight is 284 g/mol. The summed E-state index contributed by atoms with van der Waals surface area (Å²) in [5, 5.41) is 9.52. The molecule has 2 aromatic carbocycles. The van der Waals surface area contributed by atoms with E-state index in [0.717, 1.165) is 11.1 Å². The topological polar surface area (TPSA) is 66.6 Å². The molecule has 4 heteroatoms. The first kappa shape index (κ1) is 15.1. The fourth-order valence-electron chi connectivity index (χ4n) is 2.21. The van der Waals surface area contributed by atoms with Gasteiger partial charge in [-0.3, -0.25) is 4.79 Å². The smallest absolute Gasteiger partial charge is 0.253 e. The van der Waals surface area contributed by atoms with Gasteiger partial charge in [0.1, 0.15) is 5.75 Å². The Hall–Kier alpha value is -2.33. The summed E-state index contributed by atoms with van der Waals surface area (Å²) in [4.78, 5) is 14.0. The van der Waals surface area contributed by atoms with Crippen molar-refractivity contribution in [3.8, 4) is 5.75 Å². The van der Waals surface area contributed by atoms with Crippen LogP contribution in [-0.2, 0) is 13.1 Å². The molecule has 0 aliphatic carbocycles. The Balaban J connectivity index is 2.13. The van der Waals surface area contributed by atoms with E-state index in [9.17, 15) is 9.90 Å². The molecule has 2 aromatic rings. The Kier molecular flexibility index (Phi) is 4.60. The number of benzene rings is 2. The van der Waals surface area contributed by atoms with Gasteiger partial charge in [0.25, 0.3) is 5.91 Å². The van der Waals surface area contributed by atoms with Crippen molar-refractivity contribution in [2.45, 2.75) is 20.0 Å². The lowest BCUT2D eigenvalue weighted by Crippen LogP contribution is -2.26. The molecule has 21 heavy (non-hydrogen) atoms. The largest absolute Gasteiger partial charge is 0.508 e. The van der Waals surface area contributed by atoms with E-state index in [4.69, 9.17) is 5.73 Å². The lowest BCUT2D eigenvalue weighted by atomic mass is 10.1. The van der Waals surface area contributed by atoms with Crippen molar-refractivity contribution in [2.24, 2.45) is 5.73 Å². The quantitative estimate of drug-likeness (QED) is 0.906. The van der Waals surface area contributed by atoms with Crippen LogP contribution in [0.4, 0.5) is 0 Å². The molecule has 0 saturated heterocycles. The van der Waals surface area contributed by atoms with Gasteiger partial charge in [0.05, 0.1) is 0 Å². The fourth-order valence-corrected chi connectivity index (χ4v) is 2.21. The molecule has 0 spiro atoms. The zero-order chi connectivity index (χ0) is 15.4. The van der Waals surface area contributed by atoms with E-state index in [1.54, 1.807) is 37.1 Å². The highest BCUT2D eigenvalue weighted by Crippen LogP contribution is 2.18. The van der Waals surface area contributed by atoms with Crippen molar-refractivity contribution in [3.05, 3.63) is 64.7 Å². The van der Waals surface area contributed by atoms with Gasteiger partial charge in [-0.15, -0.1) is 0 Å². The van der Waals surface area contributed by atoms with Crippen LogP contribution in [0.15, 0.2) is 42.5 Å². The lowest BCUT2D eigenvalue weighted by molar-refractivity contribution is 0.0785. The second kappa shape index (κ2) is 6.41. The molecule has 4 nitrogen and oxygen atoms in total. The summed E-state index contributed by atoms with van der Waals surface area (Å²) >= 11 is 0. The van der Waals surface area contributed by atoms with E-state index in [1.165, 1.54) is 0 Å². The molecule has 0 saturated carbocycles. The van der Waals surface area contributed by atoms with E-state index >= 15 is 0 Å². The van der Waals surface area contributed by atoms with Crippen LogP contribution < -0.4 is 5.73 Å². The molecule has 0 fully saturated rings. The number of aromatic hydroxyl groups is 1. The second-order valence-electron chi connectivity index (χ2n) is 5.19. The van der Waals surface area contributed by atoms with E-state index in [-0.39, 0.29) is 11.7 Å². The molecule has 0 aliphatic heterocycles. The van der Waals surface area contributed by atoms with Gasteiger partial charge in [-0.05, 0) is 41.8 Å². The number of phenolic OH excluding ortho intramolecular Hbond substituents is 1. The number of nitrogens with zero attached hydrogens (tertiary/aromatic N) is 1. The van der Waals surface area contributed by atoms with Gasteiger partial charge in [0.15, 0.2) is 0 Å². The van der Waals surface area contributed by atoms with Crippen molar-refractivity contribution in [1.29, 1.82) is 0 Å². The van der Waals surface area contributed by atoms with Crippen LogP contribution in [0.3, 0.4) is 0 Å². The normalized spacial score (nSPS) is 10.4. The Labute approximate surface area is 124 Å². The molecule has 0 heterocycles. The monoisotopic (exact) mass is 284 g/mol. The fraction of sp³-hybridized carbons (Fsp3) is 0.235. The van der Waals surface area contributed by atoms with Gasteiger partial charge in [-0.1, -0.05) is 24.3 Å². The first-order valence-corrected chi connectivity index (χ1v) is 6.84. The zero-order valence-corrected chi connectivity index (χ0v) is 12.3. The standard InChI is InChI=1S/C17H20N2O2/c1-12-8-15(6-7-16(12)20)17(21)19(2)11-14-5-3-4-13(9-14)10-18/h3-9,20H,10-11,18H2,1-2H3. The Bertz CT molecular complexity index is 653. The molecule has 2 rings (SSSR count). The first-order chi connectivity index (χ1) is 10.0. The summed E-state index contributed by atoms with van der Waals surface area (Å²) in [6.07, 6.45) is 0. The van der Waals surface area contributed by atoms with Crippen LogP contribution in [-0.4, -0.2) is 23.0 Å². The van der Waals surface area contributed by atoms with E-state index in [0.29, 0.717) is 24.2 Å². The maximum atomic E-state index is 12.4. The zero-order valence-electron chi connectivity index (χ0n) is 12.3. The van der Waals surface area contributed by atoms with Gasteiger partial charge in [0.2, 0.25) is 0 Å². The summed E-state index contributed by atoms with van der Waals surface area (Å²) < 4.78 is 0. The minimum Gasteiger partial charge on any atom is -0.508 e. The predicted molar refractivity (Wildman–Crippen MR) is 83.0 cm³/mol. The summed E-state index contributed by atoms with van der Waals surface area (Å²) in [6, 6.07) is 12.8. The number of hydrogen-bond donors (Lipinski definition) is 2. The second-order valence-corrected chi connectivity index (χ2v) is 5.19. The number of nitrogens with two attached hydrogens (primary N) is 1. The van der Waals surface area contributed by atoms with Gasteiger partial charge >= 0.3 is 0 Å². The van der Waals surface area contributed by atoms with Gasteiger partial charge in [-0.25, -0.2) is 0 Å². The number of carbonyl (C=O) groups excluding carboxylic acids is 1. The number of carbonyl (C=O) groups is 1. The van der Waals surface area contributed by atoms with Gasteiger partial charge in [-0.2, -0.15) is 0 Å². The lowest BCUT2D eigenvalue weighted by Gasteiger charge is -2.18. The number of rotatable bonds is 4. The molecule has 0 unspecified atom stereocenters. The highest BCUT2D eigenvalue weighted by molar-refractivity contribution is 5.94. The third-order valence-corrected chi connectivity index (χ3v) is 3.44. The van der Waals surface area contributed by atoms with E-state index < -0.39 is 0 Å². The van der Waals surface area contributed by atoms with Crippen molar-refractivity contribution in [1.82, 2.24) is 4.90 Å². The van der Waals surface area contributed by atoms with Crippen molar-refractivity contribution in [2.75, 3.05) is 7.05 Å². The summed E-state index contributed by atoms with van der Waals surface area (Å²) in [7, 11) is 1.76. The Morgan fingerprint density at radius 2 is 1.90 bits per heavy atom. The number of aryl methyl sites for hydroxylation is 1. The molecule has 110 valence electrons. The Morgan fingerprint density at radius 1 is 1.19 bits per heavy atom. The Morgan fingerprint density at radius 3 is 2.57 bits per heavy atom. The molecule has 0 aromatic heterocycles. The molecule has 0 aliphatic rings. The predicted octanol–water partition coefficient (Wildman–Crippen LogP) is 2.43. The summed E-state index contributed by atoms with van der Waals surface area (Å²) in [5.74, 6) is 0.126. The van der Waals surface area contributed by atoms with Crippen molar-refractivity contribution in [3.63, 3.8) is 0 Å². The van der Waals surface area contributed by atoms with E-state index in [1.807, 2.05) is 24.3 Å². The molecular formula is C17H20N2O2. The minimum absolute atomic E-state index is 0.0729. The van der Waals surface area contributed by atoms with Crippen LogP contribution in [0, 0.1) is 6.92 Å². The SMILES string of the molecule is Cc1cc(C(=O)N(C)Cc2cccc(CN)c2)ccc1O. The molecule has 1 amide bonds. The maximum Gasteiger partial charge on any atom is 0.253 e. The molecule has 0 atom stereocenters. The van der Waals surface area contributed by atoms with Crippen LogP contribution in [0.1, 0.15) is 27.0 Å². The van der Waals surface area contributed by atoms with Gasteiger partial charge in [0, 0.05) is 25.7 Å². The maximum absolute atomic E-state index is 12.4. The highest BCUT2D eigenvalue weighted by atomic mass is 16.3. The van der Waals surface area contributed by atoms with Crippen LogP contribution in [0.5, 0.6) is 5.75 Å². The van der Waals surface area contributed by atoms with Gasteiger partial charge < -0.3 is 15.7 Å². The van der Waals surface area contributed by atoms with Crippen LogP contribution in [0.25, 0.3) is 0 Å². The van der Waals surface area contributed by atoms with Crippen LogP contribution in [0.2, 0.25) is 0 Å². The van der Waals surface area contributed by atoms with Crippen molar-refractivity contribution >= 4 is 5.91 Å². The molecule has 3 N–H and O–H groups in total. The minimum atomic E-state index is -0.0729. The first-order valence-electron chi connectivity index (χ1n) is 6.84. The number of phenols is 1. The van der Waals surface area contributed by atoms with E-state index in [2.05, 4.69) is 0 Å². The summed E-state index contributed by atoms with van der Waals surface area (Å²) in [6.45, 7) is 2.78. The molecular weight excluding hydrogens is 264 g/mol. The van der Waals surface area contributed by atoms with Crippen molar-refractivity contribution < 1.29 is 9.90 Å². The number of hydrogen-bond acceptors (Lipinski definition) is 3. The molecule has 0 radical (unpaired) electrons. The van der Waals surface area contributed by atoms with Crippen LogP contribution >= 0.6 is 0 Å². The number of amides is 1. The highest BCUT2D eigenvalue weighted by Gasteiger charge is 2.13. The average Bonchev–Trinajstić information content (AvgIpc) is 2.49. The molecule has 0 bridgehead atoms. The third kappa shape index (κ3) is 3.61.